The molecule has 0 saturated carbocycles. The van der Waals surface area contributed by atoms with Crippen molar-refractivity contribution in [3.8, 4) is 0 Å². The SMILES string of the molecule is CCCNC(=O)NC(C)(C)C(=O)N[C@H](C)c1cccs1. The quantitative estimate of drug-likeness (QED) is 0.754. The van der Waals surface area contributed by atoms with Gasteiger partial charge in [0.2, 0.25) is 5.91 Å². The minimum Gasteiger partial charge on any atom is -0.347 e. The van der Waals surface area contributed by atoms with Gasteiger partial charge in [0.15, 0.2) is 0 Å². The molecule has 6 heteroatoms. The van der Waals surface area contributed by atoms with E-state index in [0.29, 0.717) is 6.54 Å². The van der Waals surface area contributed by atoms with Crippen LogP contribution in [0.4, 0.5) is 4.79 Å². The van der Waals surface area contributed by atoms with Gasteiger partial charge in [-0.1, -0.05) is 13.0 Å². The second kappa shape index (κ2) is 7.28. The number of rotatable bonds is 6. The van der Waals surface area contributed by atoms with E-state index in [4.69, 9.17) is 0 Å². The Morgan fingerprint density at radius 2 is 2.10 bits per heavy atom. The van der Waals surface area contributed by atoms with E-state index < -0.39 is 5.54 Å². The molecule has 1 aromatic rings. The summed E-state index contributed by atoms with van der Waals surface area (Å²) in [6, 6.07) is 3.53. The van der Waals surface area contributed by atoms with Crippen LogP contribution in [0.1, 0.15) is 45.0 Å². The van der Waals surface area contributed by atoms with Crippen molar-refractivity contribution < 1.29 is 9.59 Å². The van der Waals surface area contributed by atoms with E-state index in [9.17, 15) is 9.59 Å². The fourth-order valence-electron chi connectivity index (χ4n) is 1.61. The first-order valence-electron chi connectivity index (χ1n) is 6.77. The molecule has 0 aliphatic rings. The third-order valence-electron chi connectivity index (χ3n) is 2.85. The maximum atomic E-state index is 12.2. The third-order valence-corrected chi connectivity index (χ3v) is 3.90. The van der Waals surface area contributed by atoms with E-state index in [0.717, 1.165) is 11.3 Å². The molecule has 0 radical (unpaired) electrons. The summed E-state index contributed by atoms with van der Waals surface area (Å²) in [7, 11) is 0. The first-order chi connectivity index (χ1) is 9.36. The molecule has 0 spiro atoms. The molecule has 0 fully saturated rings. The first-order valence-corrected chi connectivity index (χ1v) is 7.65. The maximum Gasteiger partial charge on any atom is 0.315 e. The summed E-state index contributed by atoms with van der Waals surface area (Å²) >= 11 is 1.59. The van der Waals surface area contributed by atoms with E-state index >= 15 is 0 Å². The van der Waals surface area contributed by atoms with Crippen LogP contribution in [0.2, 0.25) is 0 Å². The van der Waals surface area contributed by atoms with Gasteiger partial charge >= 0.3 is 6.03 Å². The Balaban J connectivity index is 2.53. The number of carbonyl (C=O) groups excluding carboxylic acids is 2. The highest BCUT2D eigenvalue weighted by Crippen LogP contribution is 2.19. The average molecular weight is 297 g/mol. The van der Waals surface area contributed by atoms with E-state index in [1.807, 2.05) is 31.4 Å². The van der Waals surface area contributed by atoms with E-state index in [-0.39, 0.29) is 18.0 Å². The Kier molecular flexibility index (Phi) is 6.01. The molecule has 3 amide bonds. The summed E-state index contributed by atoms with van der Waals surface area (Å²) in [5.74, 6) is -0.204. The lowest BCUT2D eigenvalue weighted by Crippen LogP contribution is -2.57. The summed E-state index contributed by atoms with van der Waals surface area (Å²) in [4.78, 5) is 25.0. The number of thiophene rings is 1. The van der Waals surface area contributed by atoms with Gasteiger partial charge in [0.1, 0.15) is 5.54 Å². The largest absolute Gasteiger partial charge is 0.347 e. The third kappa shape index (κ3) is 4.85. The maximum absolute atomic E-state index is 12.2. The summed E-state index contributed by atoms with van der Waals surface area (Å²) in [5.41, 5.74) is -0.955. The molecule has 0 saturated heterocycles. The lowest BCUT2D eigenvalue weighted by Gasteiger charge is -2.27. The van der Waals surface area contributed by atoms with Gasteiger partial charge in [0.05, 0.1) is 6.04 Å². The van der Waals surface area contributed by atoms with Gasteiger partial charge in [-0.3, -0.25) is 4.79 Å². The van der Waals surface area contributed by atoms with Crippen LogP contribution in [0.5, 0.6) is 0 Å². The van der Waals surface area contributed by atoms with Crippen LogP contribution in [-0.2, 0) is 4.79 Å². The van der Waals surface area contributed by atoms with Crippen molar-refractivity contribution >= 4 is 23.3 Å². The second-order valence-corrected chi connectivity index (χ2v) is 6.20. The second-order valence-electron chi connectivity index (χ2n) is 5.22. The predicted octanol–water partition coefficient (Wildman–Crippen LogP) is 2.41. The van der Waals surface area contributed by atoms with Crippen LogP contribution in [-0.4, -0.2) is 24.0 Å². The number of nitrogens with one attached hydrogen (secondary N) is 3. The Morgan fingerprint density at radius 1 is 1.40 bits per heavy atom. The van der Waals surface area contributed by atoms with Crippen molar-refractivity contribution in [1.29, 1.82) is 0 Å². The Labute approximate surface area is 124 Å². The molecule has 1 atom stereocenters. The molecule has 0 aliphatic heterocycles. The molecule has 0 bridgehead atoms. The fourth-order valence-corrected chi connectivity index (χ4v) is 2.34. The highest BCUT2D eigenvalue weighted by Gasteiger charge is 2.30. The first kappa shape index (κ1) is 16.5. The highest BCUT2D eigenvalue weighted by atomic mass is 32.1. The summed E-state index contributed by atoms with van der Waals surface area (Å²) in [5, 5.41) is 10.3. The molecule has 5 nitrogen and oxygen atoms in total. The lowest BCUT2D eigenvalue weighted by atomic mass is 10.0. The van der Waals surface area contributed by atoms with Gasteiger partial charge in [-0.05, 0) is 38.6 Å². The van der Waals surface area contributed by atoms with Crippen molar-refractivity contribution in [2.75, 3.05) is 6.54 Å². The number of urea groups is 1. The van der Waals surface area contributed by atoms with Gasteiger partial charge in [-0.15, -0.1) is 11.3 Å². The van der Waals surface area contributed by atoms with E-state index in [1.54, 1.807) is 25.2 Å². The number of amides is 3. The van der Waals surface area contributed by atoms with Crippen LogP contribution < -0.4 is 16.0 Å². The van der Waals surface area contributed by atoms with Crippen LogP contribution in [0.3, 0.4) is 0 Å². The monoisotopic (exact) mass is 297 g/mol. The number of hydrogen-bond acceptors (Lipinski definition) is 3. The van der Waals surface area contributed by atoms with Crippen LogP contribution in [0.25, 0.3) is 0 Å². The van der Waals surface area contributed by atoms with Crippen molar-refractivity contribution in [3.63, 3.8) is 0 Å². The van der Waals surface area contributed by atoms with Crippen molar-refractivity contribution in [2.45, 2.75) is 45.7 Å². The molecule has 0 aliphatic carbocycles. The van der Waals surface area contributed by atoms with Crippen LogP contribution >= 0.6 is 11.3 Å². The fraction of sp³-hybridized carbons (Fsp3) is 0.571. The van der Waals surface area contributed by atoms with Crippen LogP contribution in [0, 0.1) is 0 Å². The Bertz CT molecular complexity index is 443. The molecule has 0 unspecified atom stereocenters. The number of hydrogen-bond donors (Lipinski definition) is 3. The molecule has 20 heavy (non-hydrogen) atoms. The zero-order chi connectivity index (χ0) is 15.2. The van der Waals surface area contributed by atoms with Crippen molar-refractivity contribution in [3.05, 3.63) is 22.4 Å². The minimum absolute atomic E-state index is 0.0673. The zero-order valence-corrected chi connectivity index (χ0v) is 13.3. The number of carbonyl (C=O) groups is 2. The average Bonchev–Trinajstić information content (AvgIpc) is 2.89. The molecule has 1 heterocycles. The van der Waals surface area contributed by atoms with Gasteiger partial charge in [-0.25, -0.2) is 4.79 Å². The zero-order valence-electron chi connectivity index (χ0n) is 12.4. The van der Waals surface area contributed by atoms with E-state index in [1.165, 1.54) is 0 Å². The summed E-state index contributed by atoms with van der Waals surface area (Å²) in [6.07, 6.45) is 0.857. The molecular formula is C14H23N3O2S. The molecular weight excluding hydrogens is 274 g/mol. The Morgan fingerprint density at radius 3 is 2.65 bits per heavy atom. The predicted molar refractivity (Wildman–Crippen MR) is 81.8 cm³/mol. The standard InChI is InChI=1S/C14H23N3O2S/c1-5-8-15-13(19)17-14(3,4)12(18)16-10(2)11-7-6-9-20-11/h6-7,9-10H,5,8H2,1-4H3,(H,16,18)(H2,15,17,19)/t10-/m1/s1. The van der Waals surface area contributed by atoms with Crippen LogP contribution in [0.15, 0.2) is 17.5 Å². The lowest BCUT2D eigenvalue weighted by molar-refractivity contribution is -0.126. The molecule has 1 rings (SSSR count). The molecule has 112 valence electrons. The normalized spacial score (nSPS) is 12.6. The van der Waals surface area contributed by atoms with E-state index in [2.05, 4.69) is 16.0 Å². The summed E-state index contributed by atoms with van der Waals surface area (Å²) in [6.45, 7) is 7.87. The molecule has 3 N–H and O–H groups in total. The topological polar surface area (TPSA) is 70.2 Å². The highest BCUT2D eigenvalue weighted by molar-refractivity contribution is 7.10. The van der Waals surface area contributed by atoms with Gasteiger partial charge in [-0.2, -0.15) is 0 Å². The summed E-state index contributed by atoms with van der Waals surface area (Å²) < 4.78 is 0. The Hall–Kier alpha value is -1.56. The van der Waals surface area contributed by atoms with Gasteiger partial charge in [0.25, 0.3) is 0 Å². The molecule has 1 aromatic heterocycles. The van der Waals surface area contributed by atoms with Gasteiger partial charge < -0.3 is 16.0 Å². The minimum atomic E-state index is -0.955. The molecule has 0 aromatic carbocycles. The van der Waals surface area contributed by atoms with Crippen molar-refractivity contribution in [1.82, 2.24) is 16.0 Å². The van der Waals surface area contributed by atoms with Crippen molar-refractivity contribution in [2.24, 2.45) is 0 Å². The smallest absolute Gasteiger partial charge is 0.315 e. The van der Waals surface area contributed by atoms with Gasteiger partial charge in [0, 0.05) is 11.4 Å².